The molecular formula is C30H43NO7. The van der Waals surface area contributed by atoms with E-state index in [9.17, 15) is 14.7 Å². The number of nitrogens with zero attached hydrogens (tertiary/aromatic N) is 1. The zero-order valence-corrected chi connectivity index (χ0v) is 23.4. The third kappa shape index (κ3) is 11.8. The Morgan fingerprint density at radius 3 is 1.45 bits per heavy atom. The number of hydrogen-bond acceptors (Lipinski definition) is 6. The summed E-state index contributed by atoms with van der Waals surface area (Å²) in [7, 11) is 3.31. The van der Waals surface area contributed by atoms with Crippen molar-refractivity contribution in [1.82, 2.24) is 4.90 Å². The first-order chi connectivity index (χ1) is 17.9. The quantitative estimate of drug-likeness (QED) is 0.291. The average molecular weight is 530 g/mol. The predicted molar refractivity (Wildman–Crippen MR) is 149 cm³/mol. The van der Waals surface area contributed by atoms with E-state index in [1.807, 2.05) is 48.5 Å². The monoisotopic (exact) mass is 529 g/mol. The molecule has 0 bridgehead atoms. The van der Waals surface area contributed by atoms with Crippen molar-refractivity contribution in [3.63, 3.8) is 0 Å². The molecule has 2 aromatic carbocycles. The molecule has 8 heteroatoms. The van der Waals surface area contributed by atoms with Crippen LogP contribution in [-0.2, 0) is 15.2 Å². The summed E-state index contributed by atoms with van der Waals surface area (Å²) < 4.78 is 10.6. The second-order valence-electron chi connectivity index (χ2n) is 9.98. The van der Waals surface area contributed by atoms with Gasteiger partial charge in [-0.25, -0.2) is 9.59 Å². The summed E-state index contributed by atoms with van der Waals surface area (Å²) >= 11 is 0. The fourth-order valence-electron chi connectivity index (χ4n) is 4.18. The van der Waals surface area contributed by atoms with Gasteiger partial charge >= 0.3 is 11.9 Å². The van der Waals surface area contributed by atoms with E-state index in [2.05, 4.69) is 32.6 Å². The van der Waals surface area contributed by atoms with Crippen LogP contribution >= 0.6 is 0 Å². The molecule has 2 rings (SSSR count). The van der Waals surface area contributed by atoms with Crippen LogP contribution < -0.4 is 9.47 Å². The van der Waals surface area contributed by atoms with Crippen LogP contribution in [0.2, 0.25) is 0 Å². The first kappa shape index (κ1) is 32.7. The number of benzene rings is 2. The second-order valence-corrected chi connectivity index (χ2v) is 9.98. The summed E-state index contributed by atoms with van der Waals surface area (Å²) in [5.74, 6) is 0.322. The van der Waals surface area contributed by atoms with E-state index in [4.69, 9.17) is 19.7 Å². The fraction of sp³-hybridized carbons (Fsp3) is 0.467. The minimum Gasteiger partial charge on any atom is -0.497 e. The Labute approximate surface area is 226 Å². The van der Waals surface area contributed by atoms with Gasteiger partial charge in [-0.3, -0.25) is 0 Å². The molecule has 0 spiro atoms. The van der Waals surface area contributed by atoms with Crippen LogP contribution in [0, 0.1) is 11.8 Å². The zero-order valence-electron chi connectivity index (χ0n) is 23.4. The number of aliphatic carboxylic acids is 2. The molecule has 3 N–H and O–H groups in total. The largest absolute Gasteiger partial charge is 0.497 e. The number of hydrogen-bond donors (Lipinski definition) is 3. The van der Waals surface area contributed by atoms with Crippen LogP contribution in [0.25, 0.3) is 0 Å². The lowest BCUT2D eigenvalue weighted by Crippen LogP contribution is -2.34. The average Bonchev–Trinajstić information content (AvgIpc) is 2.87. The Hall–Kier alpha value is -3.36. The van der Waals surface area contributed by atoms with E-state index >= 15 is 0 Å². The van der Waals surface area contributed by atoms with E-state index in [0.29, 0.717) is 30.4 Å². The molecule has 0 radical (unpaired) electrons. The van der Waals surface area contributed by atoms with Crippen LogP contribution in [0.4, 0.5) is 0 Å². The normalized spacial score (nSPS) is 11.5. The first-order valence-electron chi connectivity index (χ1n) is 12.8. The standard InChI is InChI=1S/C26H39NO3.C4H4O4/c1-20(2)18-27(19-21(3)4)17-7-16-26(28,22-8-12-24(29-5)13-9-22)23-10-14-25(30-6)15-11-23;5-3(6)1-2-4(7)8/h8-15,20-21,28H,7,16-19H2,1-6H3;1-2H,(H,5,6)(H,7,8). The van der Waals surface area contributed by atoms with Gasteiger partial charge in [0.1, 0.15) is 17.1 Å². The maximum atomic E-state index is 11.9. The molecule has 2 aromatic rings. The lowest BCUT2D eigenvalue weighted by molar-refractivity contribution is -0.134. The topological polar surface area (TPSA) is 117 Å². The van der Waals surface area contributed by atoms with Crippen molar-refractivity contribution in [2.45, 2.75) is 46.1 Å². The lowest BCUT2D eigenvalue weighted by Gasteiger charge is -2.32. The molecular weight excluding hydrogens is 486 g/mol. The van der Waals surface area contributed by atoms with Gasteiger partial charge in [0.15, 0.2) is 0 Å². The number of carbonyl (C=O) groups is 2. The molecule has 0 aromatic heterocycles. The summed E-state index contributed by atoms with van der Waals surface area (Å²) in [4.78, 5) is 21.6. The number of methoxy groups -OCH3 is 2. The molecule has 38 heavy (non-hydrogen) atoms. The maximum absolute atomic E-state index is 11.9. The summed E-state index contributed by atoms with van der Waals surface area (Å²) in [6.07, 6.45) is 2.68. The van der Waals surface area contributed by atoms with Gasteiger partial charge in [0.2, 0.25) is 0 Å². The van der Waals surface area contributed by atoms with Gasteiger partial charge < -0.3 is 29.7 Å². The second kappa shape index (κ2) is 16.5. The Morgan fingerprint density at radius 1 is 0.789 bits per heavy atom. The molecule has 0 aliphatic rings. The fourth-order valence-corrected chi connectivity index (χ4v) is 4.18. The van der Waals surface area contributed by atoms with Gasteiger partial charge in [0.05, 0.1) is 14.2 Å². The van der Waals surface area contributed by atoms with Crippen molar-refractivity contribution in [3.8, 4) is 11.5 Å². The van der Waals surface area contributed by atoms with Gasteiger partial charge in [-0.05, 0) is 66.6 Å². The van der Waals surface area contributed by atoms with Gasteiger partial charge in [-0.2, -0.15) is 0 Å². The van der Waals surface area contributed by atoms with E-state index in [1.165, 1.54) is 0 Å². The van der Waals surface area contributed by atoms with Crippen LogP contribution in [0.3, 0.4) is 0 Å². The van der Waals surface area contributed by atoms with Crippen LogP contribution in [0.15, 0.2) is 60.7 Å². The zero-order chi connectivity index (χ0) is 28.7. The van der Waals surface area contributed by atoms with Gasteiger partial charge in [-0.1, -0.05) is 52.0 Å². The van der Waals surface area contributed by atoms with E-state index in [-0.39, 0.29) is 0 Å². The van der Waals surface area contributed by atoms with Gasteiger partial charge in [0.25, 0.3) is 0 Å². The summed E-state index contributed by atoms with van der Waals surface area (Å²) in [5.41, 5.74) is 0.709. The number of aliphatic hydroxyl groups is 1. The molecule has 8 nitrogen and oxygen atoms in total. The number of carboxylic acids is 2. The number of carboxylic acid groups (broad SMARTS) is 2. The molecule has 0 unspecified atom stereocenters. The van der Waals surface area contributed by atoms with E-state index in [1.54, 1.807) is 14.2 Å². The predicted octanol–water partition coefficient (Wildman–Crippen LogP) is 5.05. The van der Waals surface area contributed by atoms with Crippen LogP contribution in [0.5, 0.6) is 11.5 Å². The summed E-state index contributed by atoms with van der Waals surface area (Å²) in [5, 5.41) is 27.5. The molecule has 0 amide bonds. The van der Waals surface area contributed by atoms with E-state index < -0.39 is 17.5 Å². The molecule has 0 aliphatic heterocycles. The highest BCUT2D eigenvalue weighted by Crippen LogP contribution is 2.36. The maximum Gasteiger partial charge on any atom is 0.328 e. The Kier molecular flexibility index (Phi) is 14.2. The van der Waals surface area contributed by atoms with Gasteiger partial charge in [0, 0.05) is 25.2 Å². The van der Waals surface area contributed by atoms with Crippen LogP contribution in [0.1, 0.15) is 51.7 Å². The van der Waals surface area contributed by atoms with Crippen molar-refractivity contribution in [2.24, 2.45) is 11.8 Å². The van der Waals surface area contributed by atoms with Crippen LogP contribution in [-0.4, -0.2) is 66.0 Å². The highest BCUT2D eigenvalue weighted by atomic mass is 16.5. The van der Waals surface area contributed by atoms with Crippen molar-refractivity contribution in [2.75, 3.05) is 33.9 Å². The van der Waals surface area contributed by atoms with E-state index in [0.717, 1.165) is 48.7 Å². The molecule has 210 valence electrons. The summed E-state index contributed by atoms with van der Waals surface area (Å²) in [6.45, 7) is 12.2. The van der Waals surface area contributed by atoms with Crippen molar-refractivity contribution < 1.29 is 34.4 Å². The third-order valence-electron chi connectivity index (χ3n) is 5.76. The molecule has 0 saturated carbocycles. The summed E-state index contributed by atoms with van der Waals surface area (Å²) in [6, 6.07) is 15.5. The Balaban J connectivity index is 0.000000781. The number of ether oxygens (including phenoxy) is 2. The van der Waals surface area contributed by atoms with Crippen molar-refractivity contribution >= 4 is 11.9 Å². The minimum absolute atomic E-state index is 0.558. The molecule has 0 atom stereocenters. The Bertz CT molecular complexity index is 925. The third-order valence-corrected chi connectivity index (χ3v) is 5.76. The minimum atomic E-state index is -1.26. The molecule has 0 aliphatic carbocycles. The van der Waals surface area contributed by atoms with Crippen molar-refractivity contribution in [1.29, 1.82) is 0 Å². The van der Waals surface area contributed by atoms with Gasteiger partial charge in [-0.15, -0.1) is 0 Å². The smallest absolute Gasteiger partial charge is 0.328 e. The SMILES string of the molecule is COc1ccc(C(O)(CCCN(CC(C)C)CC(C)C)c2ccc(OC)cc2)cc1.O=C(O)C=CC(=O)O. The molecule has 0 fully saturated rings. The number of rotatable bonds is 14. The lowest BCUT2D eigenvalue weighted by atomic mass is 9.82. The highest BCUT2D eigenvalue weighted by Gasteiger charge is 2.31. The van der Waals surface area contributed by atoms with Crippen molar-refractivity contribution in [3.05, 3.63) is 71.8 Å². The Morgan fingerprint density at radius 2 is 1.16 bits per heavy atom. The highest BCUT2D eigenvalue weighted by molar-refractivity contribution is 5.89. The molecule has 0 saturated heterocycles. The molecule has 0 heterocycles. The first-order valence-corrected chi connectivity index (χ1v) is 12.8.